The van der Waals surface area contributed by atoms with E-state index >= 15 is 0 Å². The van der Waals surface area contributed by atoms with Crippen LogP contribution in [0.2, 0.25) is 0 Å². The summed E-state index contributed by atoms with van der Waals surface area (Å²) in [5, 5.41) is 2.88. The molecule has 3 aromatic heterocycles. The van der Waals surface area contributed by atoms with Gasteiger partial charge in [-0.05, 0) is 43.7 Å². The van der Waals surface area contributed by atoms with E-state index in [4.69, 9.17) is 4.42 Å². The second-order valence-electron chi connectivity index (χ2n) is 5.30. The molecule has 3 heterocycles. The molecule has 0 aliphatic carbocycles. The van der Waals surface area contributed by atoms with E-state index in [1.165, 1.54) is 0 Å². The first kappa shape index (κ1) is 15.0. The Balaban J connectivity index is 1.65. The van der Waals surface area contributed by atoms with Gasteiger partial charge >= 0.3 is 0 Å². The molecule has 0 fully saturated rings. The normalized spacial score (nSPS) is 10.5. The molecule has 23 heavy (non-hydrogen) atoms. The van der Waals surface area contributed by atoms with E-state index in [1.54, 1.807) is 31.6 Å². The number of furan rings is 1. The molecule has 116 valence electrons. The lowest BCUT2D eigenvalue weighted by Crippen LogP contribution is -2.23. The number of nitrogens with zero attached hydrogens (tertiary/aromatic N) is 2. The summed E-state index contributed by atoms with van der Waals surface area (Å²) in [6.45, 7) is 4.03. The lowest BCUT2D eigenvalue weighted by molar-refractivity contribution is 0.0949. The van der Waals surface area contributed by atoms with Crippen LogP contribution in [-0.2, 0) is 6.54 Å². The Morgan fingerprint density at radius 3 is 2.70 bits per heavy atom. The molecule has 0 spiro atoms. The fourth-order valence-electron chi connectivity index (χ4n) is 2.35. The highest BCUT2D eigenvalue weighted by atomic mass is 16.3. The predicted octanol–water partition coefficient (Wildman–Crippen LogP) is 3.28. The van der Waals surface area contributed by atoms with Crippen LogP contribution in [0.5, 0.6) is 0 Å². The van der Waals surface area contributed by atoms with Crippen molar-refractivity contribution < 1.29 is 9.21 Å². The average molecular weight is 307 g/mol. The van der Waals surface area contributed by atoms with E-state index in [2.05, 4.69) is 15.3 Å². The van der Waals surface area contributed by atoms with E-state index in [9.17, 15) is 4.79 Å². The van der Waals surface area contributed by atoms with Crippen LogP contribution in [0.3, 0.4) is 0 Å². The van der Waals surface area contributed by atoms with Gasteiger partial charge in [-0.1, -0.05) is 6.07 Å². The first-order valence-corrected chi connectivity index (χ1v) is 7.34. The maximum atomic E-state index is 12.1. The van der Waals surface area contributed by atoms with Crippen molar-refractivity contribution in [3.8, 4) is 11.3 Å². The van der Waals surface area contributed by atoms with Crippen LogP contribution in [0.25, 0.3) is 11.3 Å². The summed E-state index contributed by atoms with van der Waals surface area (Å²) in [5.74, 6) is 1.22. The Morgan fingerprint density at radius 1 is 1.22 bits per heavy atom. The molecular formula is C18H17N3O2. The molecule has 5 nitrogen and oxygen atoms in total. The molecule has 5 heteroatoms. The third-order valence-corrected chi connectivity index (χ3v) is 3.52. The smallest absolute Gasteiger partial charge is 0.255 e. The first-order chi connectivity index (χ1) is 11.1. The molecule has 0 atom stereocenters. The van der Waals surface area contributed by atoms with Gasteiger partial charge in [0.1, 0.15) is 11.5 Å². The standard InChI is InChI=1S/C18H17N3O2/c1-12-8-16(13(2)23-12)18(22)21-10-14-5-6-17(20-9-14)15-4-3-7-19-11-15/h3-9,11H,10H2,1-2H3,(H,21,22). The first-order valence-electron chi connectivity index (χ1n) is 7.34. The molecule has 0 saturated carbocycles. The van der Waals surface area contributed by atoms with Gasteiger partial charge in [-0.3, -0.25) is 14.8 Å². The van der Waals surface area contributed by atoms with Crippen LogP contribution >= 0.6 is 0 Å². The Morgan fingerprint density at radius 2 is 2.09 bits per heavy atom. The van der Waals surface area contributed by atoms with Crippen molar-refractivity contribution in [2.75, 3.05) is 0 Å². The predicted molar refractivity (Wildman–Crippen MR) is 86.8 cm³/mol. The van der Waals surface area contributed by atoms with Crippen LogP contribution in [-0.4, -0.2) is 15.9 Å². The zero-order chi connectivity index (χ0) is 16.2. The number of pyridine rings is 2. The number of aryl methyl sites for hydroxylation is 2. The minimum absolute atomic E-state index is 0.143. The number of rotatable bonds is 4. The van der Waals surface area contributed by atoms with Crippen LogP contribution < -0.4 is 5.32 Å². The highest BCUT2D eigenvalue weighted by Crippen LogP contribution is 2.16. The fourth-order valence-corrected chi connectivity index (χ4v) is 2.35. The quantitative estimate of drug-likeness (QED) is 0.803. The summed E-state index contributed by atoms with van der Waals surface area (Å²) in [7, 11) is 0. The average Bonchev–Trinajstić information content (AvgIpc) is 2.92. The highest BCUT2D eigenvalue weighted by molar-refractivity contribution is 5.95. The molecule has 0 unspecified atom stereocenters. The van der Waals surface area contributed by atoms with Gasteiger partial charge in [0, 0.05) is 30.7 Å². The summed E-state index contributed by atoms with van der Waals surface area (Å²) in [6, 6.07) is 9.45. The van der Waals surface area contributed by atoms with E-state index in [0.29, 0.717) is 17.9 Å². The monoisotopic (exact) mass is 307 g/mol. The van der Waals surface area contributed by atoms with Gasteiger partial charge in [0.2, 0.25) is 0 Å². The number of nitrogens with one attached hydrogen (secondary N) is 1. The topological polar surface area (TPSA) is 68.0 Å². The summed E-state index contributed by atoms with van der Waals surface area (Å²) >= 11 is 0. The van der Waals surface area contributed by atoms with Crippen LogP contribution in [0.1, 0.15) is 27.4 Å². The Labute approximate surface area is 134 Å². The maximum Gasteiger partial charge on any atom is 0.255 e. The van der Waals surface area contributed by atoms with Gasteiger partial charge in [0.15, 0.2) is 0 Å². The number of hydrogen-bond acceptors (Lipinski definition) is 4. The summed E-state index contributed by atoms with van der Waals surface area (Å²) < 4.78 is 5.37. The zero-order valence-corrected chi connectivity index (χ0v) is 13.0. The lowest BCUT2D eigenvalue weighted by Gasteiger charge is -2.05. The van der Waals surface area contributed by atoms with Gasteiger partial charge in [-0.15, -0.1) is 0 Å². The molecule has 0 aliphatic heterocycles. The number of hydrogen-bond donors (Lipinski definition) is 1. The Hall–Kier alpha value is -2.95. The van der Waals surface area contributed by atoms with Crippen LogP contribution in [0.4, 0.5) is 0 Å². The molecule has 0 aliphatic rings. The van der Waals surface area contributed by atoms with Gasteiger partial charge in [-0.25, -0.2) is 0 Å². The molecule has 1 N–H and O–H groups in total. The Bertz CT molecular complexity index is 808. The maximum absolute atomic E-state index is 12.1. The minimum atomic E-state index is -0.143. The van der Waals surface area contributed by atoms with E-state index in [1.807, 2.05) is 31.2 Å². The lowest BCUT2D eigenvalue weighted by atomic mass is 10.1. The summed E-state index contributed by atoms with van der Waals surface area (Å²) in [6.07, 6.45) is 5.26. The molecule has 1 amide bonds. The van der Waals surface area contributed by atoms with Crippen molar-refractivity contribution in [1.29, 1.82) is 0 Å². The Kier molecular flexibility index (Phi) is 4.19. The van der Waals surface area contributed by atoms with Gasteiger partial charge in [0.05, 0.1) is 11.3 Å². The summed E-state index contributed by atoms with van der Waals surface area (Å²) in [5.41, 5.74) is 3.33. The largest absolute Gasteiger partial charge is 0.466 e. The SMILES string of the molecule is Cc1cc(C(=O)NCc2ccc(-c3cccnc3)nc2)c(C)o1. The molecule has 3 rings (SSSR count). The third-order valence-electron chi connectivity index (χ3n) is 3.52. The third kappa shape index (κ3) is 3.45. The number of carbonyl (C=O) groups excluding carboxylic acids is 1. The van der Waals surface area contributed by atoms with Crippen molar-refractivity contribution in [2.45, 2.75) is 20.4 Å². The van der Waals surface area contributed by atoms with Crippen LogP contribution in [0, 0.1) is 13.8 Å². The molecule has 0 saturated heterocycles. The molecule has 0 bridgehead atoms. The second kappa shape index (κ2) is 6.44. The van der Waals surface area contributed by atoms with Crippen molar-refractivity contribution in [3.05, 3.63) is 71.6 Å². The second-order valence-corrected chi connectivity index (χ2v) is 5.30. The number of aromatic nitrogens is 2. The molecule has 0 radical (unpaired) electrons. The van der Waals surface area contributed by atoms with Crippen LogP contribution in [0.15, 0.2) is 53.3 Å². The zero-order valence-electron chi connectivity index (χ0n) is 13.0. The fraction of sp³-hybridized carbons (Fsp3) is 0.167. The van der Waals surface area contributed by atoms with Gasteiger partial charge in [0.25, 0.3) is 5.91 Å². The van der Waals surface area contributed by atoms with E-state index < -0.39 is 0 Å². The molecule has 0 aromatic carbocycles. The van der Waals surface area contributed by atoms with Crippen molar-refractivity contribution in [1.82, 2.24) is 15.3 Å². The van der Waals surface area contributed by atoms with E-state index in [0.717, 1.165) is 22.6 Å². The summed E-state index contributed by atoms with van der Waals surface area (Å²) in [4.78, 5) is 20.6. The van der Waals surface area contributed by atoms with Gasteiger partial charge < -0.3 is 9.73 Å². The van der Waals surface area contributed by atoms with Gasteiger partial charge in [-0.2, -0.15) is 0 Å². The molecule has 3 aromatic rings. The van der Waals surface area contributed by atoms with E-state index in [-0.39, 0.29) is 5.91 Å². The van der Waals surface area contributed by atoms with Crippen molar-refractivity contribution in [2.24, 2.45) is 0 Å². The van der Waals surface area contributed by atoms with Crippen molar-refractivity contribution in [3.63, 3.8) is 0 Å². The number of amides is 1. The van der Waals surface area contributed by atoms with Crippen molar-refractivity contribution >= 4 is 5.91 Å². The molecular weight excluding hydrogens is 290 g/mol. The number of carbonyl (C=O) groups is 1. The highest BCUT2D eigenvalue weighted by Gasteiger charge is 2.13. The minimum Gasteiger partial charge on any atom is -0.466 e.